The predicted molar refractivity (Wildman–Crippen MR) is 81.0 cm³/mol. The molecule has 0 saturated carbocycles. The fourth-order valence-electron chi connectivity index (χ4n) is 3.13. The minimum Gasteiger partial charge on any atom is -0.481 e. The van der Waals surface area contributed by atoms with E-state index in [1.54, 1.807) is 0 Å². The zero-order chi connectivity index (χ0) is 14.5. The van der Waals surface area contributed by atoms with E-state index in [2.05, 4.69) is 17.9 Å². The number of rotatable bonds is 6. The standard InChI is InChI=1S/C16H22ClNO2/c1-2-15(13-4-3-5-14(17)10-13)18-9-8-12(11-18)6-7-16(19)20/h3-5,10,12,15H,2,6-9,11H2,1H3,(H,19,20). The molecule has 4 heteroatoms. The molecular formula is C16H22ClNO2. The van der Waals surface area contributed by atoms with E-state index in [1.165, 1.54) is 5.56 Å². The highest BCUT2D eigenvalue weighted by Gasteiger charge is 2.28. The number of likely N-dealkylation sites (tertiary alicyclic amines) is 1. The molecule has 0 aliphatic carbocycles. The minimum atomic E-state index is -0.690. The average molecular weight is 296 g/mol. The Morgan fingerprint density at radius 1 is 1.55 bits per heavy atom. The Balaban J connectivity index is 1.98. The van der Waals surface area contributed by atoms with Crippen molar-refractivity contribution in [3.63, 3.8) is 0 Å². The van der Waals surface area contributed by atoms with Crippen molar-refractivity contribution in [1.29, 1.82) is 0 Å². The van der Waals surface area contributed by atoms with Crippen LogP contribution in [0.15, 0.2) is 24.3 Å². The van der Waals surface area contributed by atoms with Crippen LogP contribution in [-0.4, -0.2) is 29.1 Å². The number of hydrogen-bond donors (Lipinski definition) is 1. The molecule has 20 heavy (non-hydrogen) atoms. The Kier molecular flexibility index (Phi) is 5.44. The molecule has 1 aliphatic rings. The second-order valence-electron chi connectivity index (χ2n) is 5.56. The van der Waals surface area contributed by atoms with Crippen molar-refractivity contribution in [1.82, 2.24) is 4.90 Å². The third kappa shape index (κ3) is 3.97. The van der Waals surface area contributed by atoms with Crippen molar-refractivity contribution in [3.05, 3.63) is 34.9 Å². The molecule has 0 amide bonds. The van der Waals surface area contributed by atoms with E-state index >= 15 is 0 Å². The van der Waals surface area contributed by atoms with Gasteiger partial charge in [0.1, 0.15) is 0 Å². The van der Waals surface area contributed by atoms with Gasteiger partial charge in [-0.05, 0) is 49.4 Å². The highest BCUT2D eigenvalue weighted by molar-refractivity contribution is 6.30. The van der Waals surface area contributed by atoms with Crippen LogP contribution in [0, 0.1) is 5.92 Å². The van der Waals surface area contributed by atoms with Crippen molar-refractivity contribution in [2.75, 3.05) is 13.1 Å². The maximum Gasteiger partial charge on any atom is 0.303 e. The first-order valence-electron chi connectivity index (χ1n) is 7.31. The summed E-state index contributed by atoms with van der Waals surface area (Å²) in [4.78, 5) is 13.1. The van der Waals surface area contributed by atoms with Crippen LogP contribution in [0.25, 0.3) is 0 Å². The molecule has 0 aromatic heterocycles. The number of nitrogens with zero attached hydrogens (tertiary/aromatic N) is 1. The Morgan fingerprint density at radius 2 is 2.35 bits per heavy atom. The molecule has 1 aromatic carbocycles. The molecular weight excluding hydrogens is 274 g/mol. The van der Waals surface area contributed by atoms with Crippen LogP contribution in [-0.2, 0) is 4.79 Å². The van der Waals surface area contributed by atoms with Crippen molar-refractivity contribution in [3.8, 4) is 0 Å². The van der Waals surface area contributed by atoms with Crippen molar-refractivity contribution in [2.24, 2.45) is 5.92 Å². The molecule has 0 spiro atoms. The number of halogens is 1. The predicted octanol–water partition coefficient (Wildman–Crippen LogP) is 3.98. The summed E-state index contributed by atoms with van der Waals surface area (Å²) in [6.07, 6.45) is 3.22. The molecule has 3 nitrogen and oxygen atoms in total. The molecule has 1 aliphatic heterocycles. The van der Waals surface area contributed by atoms with Crippen LogP contribution in [0.4, 0.5) is 0 Å². The summed E-state index contributed by atoms with van der Waals surface area (Å²) in [5.74, 6) is -0.176. The summed E-state index contributed by atoms with van der Waals surface area (Å²) >= 11 is 6.08. The van der Waals surface area contributed by atoms with Crippen LogP contribution in [0.1, 0.15) is 44.2 Å². The lowest BCUT2D eigenvalue weighted by Crippen LogP contribution is -2.26. The molecule has 2 atom stereocenters. The first-order chi connectivity index (χ1) is 9.60. The summed E-state index contributed by atoms with van der Waals surface area (Å²) in [5.41, 5.74) is 1.26. The van der Waals surface area contributed by atoms with Crippen LogP contribution in [0.5, 0.6) is 0 Å². The second-order valence-corrected chi connectivity index (χ2v) is 6.00. The van der Waals surface area contributed by atoms with Crippen LogP contribution in [0.2, 0.25) is 5.02 Å². The summed E-state index contributed by atoms with van der Waals surface area (Å²) < 4.78 is 0. The number of carbonyl (C=O) groups is 1. The first-order valence-corrected chi connectivity index (χ1v) is 7.69. The van der Waals surface area contributed by atoms with E-state index in [0.717, 1.165) is 37.4 Å². The van der Waals surface area contributed by atoms with Gasteiger partial charge in [0.2, 0.25) is 0 Å². The van der Waals surface area contributed by atoms with Gasteiger partial charge in [-0.25, -0.2) is 0 Å². The zero-order valence-electron chi connectivity index (χ0n) is 11.9. The highest BCUT2D eigenvalue weighted by atomic mass is 35.5. The SMILES string of the molecule is CCC(c1cccc(Cl)c1)N1CCC(CCC(=O)O)C1. The van der Waals surface area contributed by atoms with Gasteiger partial charge < -0.3 is 5.11 Å². The van der Waals surface area contributed by atoms with Gasteiger partial charge >= 0.3 is 5.97 Å². The summed E-state index contributed by atoms with van der Waals surface area (Å²) in [6.45, 7) is 4.24. The van der Waals surface area contributed by atoms with Gasteiger partial charge in [0.15, 0.2) is 0 Å². The summed E-state index contributed by atoms with van der Waals surface area (Å²) in [7, 11) is 0. The first kappa shape index (κ1) is 15.3. The molecule has 1 N–H and O–H groups in total. The maximum absolute atomic E-state index is 10.7. The van der Waals surface area contributed by atoms with E-state index in [0.29, 0.717) is 12.0 Å². The molecule has 1 saturated heterocycles. The smallest absolute Gasteiger partial charge is 0.303 e. The van der Waals surface area contributed by atoms with Gasteiger partial charge in [0.25, 0.3) is 0 Å². The summed E-state index contributed by atoms with van der Waals surface area (Å²) in [5, 5.41) is 9.56. The Bertz CT molecular complexity index is 464. The normalized spacial score (nSPS) is 21.0. The van der Waals surface area contributed by atoms with E-state index in [-0.39, 0.29) is 6.42 Å². The van der Waals surface area contributed by atoms with Gasteiger partial charge in [0, 0.05) is 24.0 Å². The molecule has 0 bridgehead atoms. The second kappa shape index (κ2) is 7.09. The van der Waals surface area contributed by atoms with Gasteiger partial charge in [-0.1, -0.05) is 30.7 Å². The van der Waals surface area contributed by atoms with Crippen LogP contribution < -0.4 is 0 Å². The zero-order valence-corrected chi connectivity index (χ0v) is 12.6. The van der Waals surface area contributed by atoms with Crippen molar-refractivity contribution in [2.45, 2.75) is 38.6 Å². The Labute approximate surface area is 125 Å². The Morgan fingerprint density at radius 3 is 3.00 bits per heavy atom. The monoisotopic (exact) mass is 295 g/mol. The topological polar surface area (TPSA) is 40.5 Å². The van der Waals surface area contributed by atoms with Crippen LogP contribution in [0.3, 0.4) is 0 Å². The summed E-state index contributed by atoms with van der Waals surface area (Å²) in [6, 6.07) is 8.46. The molecule has 1 aromatic rings. The quantitative estimate of drug-likeness (QED) is 0.863. The fourth-order valence-corrected chi connectivity index (χ4v) is 3.33. The molecule has 2 rings (SSSR count). The third-order valence-electron chi connectivity index (χ3n) is 4.14. The number of benzene rings is 1. The average Bonchev–Trinajstić information content (AvgIpc) is 2.86. The number of aliphatic carboxylic acids is 1. The van der Waals surface area contributed by atoms with E-state index in [1.807, 2.05) is 18.2 Å². The lowest BCUT2D eigenvalue weighted by atomic mass is 10.0. The lowest BCUT2D eigenvalue weighted by Gasteiger charge is -2.27. The van der Waals surface area contributed by atoms with Crippen molar-refractivity contribution >= 4 is 17.6 Å². The van der Waals surface area contributed by atoms with E-state index < -0.39 is 5.97 Å². The largest absolute Gasteiger partial charge is 0.481 e. The van der Waals surface area contributed by atoms with E-state index in [4.69, 9.17) is 16.7 Å². The fraction of sp³-hybridized carbons (Fsp3) is 0.562. The number of carboxylic acids is 1. The van der Waals surface area contributed by atoms with Crippen molar-refractivity contribution < 1.29 is 9.90 Å². The number of carboxylic acid groups (broad SMARTS) is 1. The molecule has 1 fully saturated rings. The van der Waals surface area contributed by atoms with Crippen LogP contribution >= 0.6 is 11.6 Å². The Hall–Kier alpha value is -1.06. The maximum atomic E-state index is 10.7. The molecule has 0 radical (unpaired) electrons. The van der Waals surface area contributed by atoms with Gasteiger partial charge in [-0.2, -0.15) is 0 Å². The molecule has 1 heterocycles. The van der Waals surface area contributed by atoms with Gasteiger partial charge in [-0.15, -0.1) is 0 Å². The third-order valence-corrected chi connectivity index (χ3v) is 4.38. The molecule has 2 unspecified atom stereocenters. The van der Waals surface area contributed by atoms with E-state index in [9.17, 15) is 4.79 Å². The van der Waals surface area contributed by atoms with Gasteiger partial charge in [0.05, 0.1) is 0 Å². The minimum absolute atomic E-state index is 0.284. The highest BCUT2D eigenvalue weighted by Crippen LogP contribution is 2.32. The molecule has 110 valence electrons. The lowest BCUT2D eigenvalue weighted by molar-refractivity contribution is -0.137. The number of hydrogen-bond acceptors (Lipinski definition) is 2. The van der Waals surface area contributed by atoms with Gasteiger partial charge in [-0.3, -0.25) is 9.69 Å².